The van der Waals surface area contributed by atoms with Gasteiger partial charge in [0.15, 0.2) is 0 Å². The molecule has 2 rings (SSSR count). The maximum Gasteiger partial charge on any atom is 0.142 e. The van der Waals surface area contributed by atoms with Gasteiger partial charge >= 0.3 is 0 Å². The number of hydrogen-bond acceptors (Lipinski definition) is 2. The molecule has 0 unspecified atom stereocenters. The second kappa shape index (κ2) is 5.23. The van der Waals surface area contributed by atoms with Gasteiger partial charge in [-0.3, -0.25) is 4.79 Å². The van der Waals surface area contributed by atoms with Gasteiger partial charge in [-0.25, -0.2) is 0 Å². The average molecular weight is 293 g/mol. The third-order valence-corrected chi connectivity index (χ3v) is 4.06. The molecule has 0 fully saturated rings. The monoisotopic (exact) mass is 292 g/mol. The number of hydrogen-bond donors (Lipinski definition) is 0. The van der Waals surface area contributed by atoms with Crippen LogP contribution in [0.25, 0.3) is 16.5 Å². The van der Waals surface area contributed by atoms with E-state index in [1.165, 1.54) is 16.5 Å². The number of thiophene rings is 1. The van der Waals surface area contributed by atoms with Crippen molar-refractivity contribution < 1.29 is 4.79 Å². The highest BCUT2D eigenvalue weighted by molar-refractivity contribution is 9.11. The molecule has 0 amide bonds. The van der Waals surface area contributed by atoms with Gasteiger partial charge in [-0.15, -0.1) is 11.3 Å². The number of rotatable bonds is 3. The van der Waals surface area contributed by atoms with Crippen LogP contribution >= 0.6 is 27.3 Å². The standard InChI is InChI=1S/C13H9BrOS/c14-13-11(7-4-8-15)9-12(16-13)10-5-2-1-3-6-10/h1-9H/b7-4+. The fraction of sp³-hybridized carbons (Fsp3) is 0. The van der Waals surface area contributed by atoms with Gasteiger partial charge in [0, 0.05) is 10.4 Å². The van der Waals surface area contributed by atoms with Crippen molar-refractivity contribution in [1.29, 1.82) is 0 Å². The minimum Gasteiger partial charge on any atom is -0.299 e. The first kappa shape index (κ1) is 11.3. The SMILES string of the molecule is O=C/C=C/c1cc(-c2ccccc2)sc1Br. The van der Waals surface area contributed by atoms with Crippen LogP contribution in [-0.2, 0) is 4.79 Å². The zero-order chi connectivity index (χ0) is 11.4. The normalized spacial score (nSPS) is 10.8. The number of carbonyl (C=O) groups excluding carboxylic acids is 1. The maximum atomic E-state index is 10.3. The quantitative estimate of drug-likeness (QED) is 0.606. The molecule has 3 heteroatoms. The van der Waals surface area contributed by atoms with Crippen molar-refractivity contribution in [2.24, 2.45) is 0 Å². The summed E-state index contributed by atoms with van der Waals surface area (Å²) in [4.78, 5) is 11.5. The van der Waals surface area contributed by atoms with Crippen molar-refractivity contribution in [2.75, 3.05) is 0 Å². The lowest BCUT2D eigenvalue weighted by atomic mass is 10.1. The molecule has 1 heterocycles. The third-order valence-electron chi connectivity index (χ3n) is 2.13. The largest absolute Gasteiger partial charge is 0.299 e. The van der Waals surface area contributed by atoms with Crippen molar-refractivity contribution in [3.05, 3.63) is 51.8 Å². The van der Waals surface area contributed by atoms with Crippen LogP contribution in [0.5, 0.6) is 0 Å². The Morgan fingerprint density at radius 1 is 1.19 bits per heavy atom. The molecule has 0 spiro atoms. The number of aldehydes is 1. The van der Waals surface area contributed by atoms with Crippen molar-refractivity contribution in [3.63, 3.8) is 0 Å². The Morgan fingerprint density at radius 3 is 2.62 bits per heavy atom. The van der Waals surface area contributed by atoms with Gasteiger partial charge in [-0.1, -0.05) is 30.3 Å². The molecule has 0 N–H and O–H groups in total. The predicted octanol–water partition coefficient (Wildman–Crippen LogP) is 4.39. The summed E-state index contributed by atoms with van der Waals surface area (Å²) in [6, 6.07) is 12.3. The minimum absolute atomic E-state index is 0.784. The second-order valence-corrected chi connectivity index (χ2v) is 5.57. The molecule has 0 aliphatic rings. The lowest BCUT2D eigenvalue weighted by Gasteiger charge is -1.93. The maximum absolute atomic E-state index is 10.3. The Kier molecular flexibility index (Phi) is 3.70. The minimum atomic E-state index is 0.784. The molecule has 80 valence electrons. The van der Waals surface area contributed by atoms with Crippen LogP contribution in [0.15, 0.2) is 46.3 Å². The molecule has 2 aromatic rings. The van der Waals surface area contributed by atoms with Crippen molar-refractivity contribution >= 4 is 39.6 Å². The highest BCUT2D eigenvalue weighted by Crippen LogP contribution is 2.35. The Labute approximate surface area is 107 Å². The van der Waals surface area contributed by atoms with Crippen molar-refractivity contribution in [1.82, 2.24) is 0 Å². The Balaban J connectivity index is 2.38. The zero-order valence-electron chi connectivity index (χ0n) is 8.39. The number of benzene rings is 1. The summed E-state index contributed by atoms with van der Waals surface area (Å²) in [6.07, 6.45) is 4.09. The number of halogens is 1. The molecule has 0 aliphatic heterocycles. The van der Waals surface area contributed by atoms with Crippen LogP contribution in [0, 0.1) is 0 Å². The van der Waals surface area contributed by atoms with Crippen LogP contribution in [0.4, 0.5) is 0 Å². The van der Waals surface area contributed by atoms with E-state index in [0.29, 0.717) is 0 Å². The van der Waals surface area contributed by atoms with Crippen LogP contribution in [0.2, 0.25) is 0 Å². The van der Waals surface area contributed by atoms with Crippen LogP contribution < -0.4 is 0 Å². The van der Waals surface area contributed by atoms with Crippen LogP contribution in [0.1, 0.15) is 5.56 Å². The molecule has 0 saturated heterocycles. The lowest BCUT2D eigenvalue weighted by molar-refractivity contribution is -0.104. The molecule has 1 aromatic heterocycles. The molecule has 0 radical (unpaired) electrons. The van der Waals surface area contributed by atoms with Crippen molar-refractivity contribution in [2.45, 2.75) is 0 Å². The lowest BCUT2D eigenvalue weighted by Crippen LogP contribution is -1.69. The summed E-state index contributed by atoms with van der Waals surface area (Å²) in [5.41, 5.74) is 2.23. The van der Waals surface area contributed by atoms with E-state index in [4.69, 9.17) is 0 Å². The van der Waals surface area contributed by atoms with Crippen molar-refractivity contribution in [3.8, 4) is 10.4 Å². The van der Waals surface area contributed by atoms with Gasteiger partial charge < -0.3 is 0 Å². The molecule has 0 aliphatic carbocycles. The summed E-state index contributed by atoms with van der Waals surface area (Å²) < 4.78 is 1.05. The zero-order valence-corrected chi connectivity index (χ0v) is 10.8. The first-order valence-corrected chi connectivity index (χ1v) is 6.39. The molecule has 1 aromatic carbocycles. The van der Waals surface area contributed by atoms with E-state index < -0.39 is 0 Å². The molecular formula is C13H9BrOS. The third kappa shape index (κ3) is 2.49. The van der Waals surface area contributed by atoms with Crippen LogP contribution in [-0.4, -0.2) is 6.29 Å². The van der Waals surface area contributed by atoms with E-state index in [1.807, 2.05) is 18.2 Å². The highest BCUT2D eigenvalue weighted by Gasteiger charge is 2.05. The van der Waals surface area contributed by atoms with E-state index in [0.717, 1.165) is 15.6 Å². The van der Waals surface area contributed by atoms with Gasteiger partial charge in [-0.05, 0) is 39.7 Å². The Morgan fingerprint density at radius 2 is 1.94 bits per heavy atom. The topological polar surface area (TPSA) is 17.1 Å². The van der Waals surface area contributed by atoms with E-state index >= 15 is 0 Å². The molecule has 16 heavy (non-hydrogen) atoms. The van der Waals surface area contributed by atoms with Gasteiger partial charge in [0.25, 0.3) is 0 Å². The molecule has 0 bridgehead atoms. The summed E-state index contributed by atoms with van der Waals surface area (Å²) in [5.74, 6) is 0. The molecule has 0 saturated carbocycles. The van der Waals surface area contributed by atoms with E-state index in [9.17, 15) is 4.79 Å². The highest BCUT2D eigenvalue weighted by atomic mass is 79.9. The van der Waals surface area contributed by atoms with E-state index in [-0.39, 0.29) is 0 Å². The average Bonchev–Trinajstić information content (AvgIpc) is 2.69. The second-order valence-electron chi connectivity index (χ2n) is 3.20. The molecule has 1 nitrogen and oxygen atoms in total. The van der Waals surface area contributed by atoms with E-state index in [1.54, 1.807) is 17.4 Å². The summed E-state index contributed by atoms with van der Waals surface area (Å²) in [7, 11) is 0. The Hall–Kier alpha value is -1.19. The van der Waals surface area contributed by atoms with Crippen LogP contribution in [0.3, 0.4) is 0 Å². The fourth-order valence-corrected chi connectivity index (χ4v) is 3.03. The molecule has 0 atom stereocenters. The first-order chi connectivity index (χ1) is 7.81. The van der Waals surface area contributed by atoms with Gasteiger partial charge in [0.1, 0.15) is 6.29 Å². The summed E-state index contributed by atoms with van der Waals surface area (Å²) in [5, 5.41) is 0. The first-order valence-electron chi connectivity index (χ1n) is 4.78. The fourth-order valence-electron chi connectivity index (χ4n) is 1.38. The molecular weight excluding hydrogens is 284 g/mol. The van der Waals surface area contributed by atoms with E-state index in [2.05, 4.69) is 34.1 Å². The predicted molar refractivity (Wildman–Crippen MR) is 72.6 cm³/mol. The summed E-state index contributed by atoms with van der Waals surface area (Å²) >= 11 is 5.16. The number of allylic oxidation sites excluding steroid dienone is 1. The smallest absolute Gasteiger partial charge is 0.142 e. The Bertz CT molecular complexity index is 514. The summed E-state index contributed by atoms with van der Waals surface area (Å²) in [6.45, 7) is 0. The van der Waals surface area contributed by atoms with Gasteiger partial charge in [0.05, 0.1) is 3.79 Å². The van der Waals surface area contributed by atoms with Gasteiger partial charge in [-0.2, -0.15) is 0 Å². The number of carbonyl (C=O) groups is 1. The van der Waals surface area contributed by atoms with Gasteiger partial charge in [0.2, 0.25) is 0 Å².